The molecule has 2 atom stereocenters. The molecule has 2 rings (SSSR count). The standard InChI is InChI=1S/C22H31NO2/c1-5-8-17(4)15-23-22(24)21-10-7-6-9-20(21)18-11-13-19(14-12-18)25-16(2)3/h6-7,10-14,16-17,20H,5,8-9,15H2,1-4H3,(H,23,24)/t17-,20?/m0/s1. The average molecular weight is 341 g/mol. The predicted molar refractivity (Wildman–Crippen MR) is 104 cm³/mol. The number of hydrogen-bond acceptors (Lipinski definition) is 2. The lowest BCUT2D eigenvalue weighted by atomic mass is 9.84. The van der Waals surface area contributed by atoms with Crippen molar-refractivity contribution in [3.63, 3.8) is 0 Å². The van der Waals surface area contributed by atoms with E-state index in [0.29, 0.717) is 5.92 Å². The van der Waals surface area contributed by atoms with Crippen LogP contribution >= 0.6 is 0 Å². The summed E-state index contributed by atoms with van der Waals surface area (Å²) in [6.07, 6.45) is 9.36. The van der Waals surface area contributed by atoms with Crippen LogP contribution in [0.15, 0.2) is 48.1 Å². The molecule has 0 fully saturated rings. The van der Waals surface area contributed by atoms with Gasteiger partial charge >= 0.3 is 0 Å². The summed E-state index contributed by atoms with van der Waals surface area (Å²) < 4.78 is 5.71. The zero-order chi connectivity index (χ0) is 18.2. The van der Waals surface area contributed by atoms with Crippen molar-refractivity contribution < 1.29 is 9.53 Å². The van der Waals surface area contributed by atoms with Crippen LogP contribution in [-0.2, 0) is 4.79 Å². The number of rotatable bonds is 8. The van der Waals surface area contributed by atoms with Crippen LogP contribution in [-0.4, -0.2) is 18.6 Å². The first-order chi connectivity index (χ1) is 12.0. The molecule has 25 heavy (non-hydrogen) atoms. The second-order valence-electron chi connectivity index (χ2n) is 7.18. The molecule has 0 saturated heterocycles. The highest BCUT2D eigenvalue weighted by atomic mass is 16.5. The smallest absolute Gasteiger partial charge is 0.247 e. The van der Waals surface area contributed by atoms with E-state index in [9.17, 15) is 4.79 Å². The number of nitrogens with one attached hydrogen (secondary N) is 1. The van der Waals surface area contributed by atoms with Gasteiger partial charge in [0.05, 0.1) is 6.10 Å². The van der Waals surface area contributed by atoms with Gasteiger partial charge in [0.2, 0.25) is 5.91 Å². The third kappa shape index (κ3) is 5.77. The Balaban J connectivity index is 2.05. The van der Waals surface area contributed by atoms with Crippen molar-refractivity contribution in [1.82, 2.24) is 5.32 Å². The van der Waals surface area contributed by atoms with E-state index in [1.54, 1.807) is 0 Å². The van der Waals surface area contributed by atoms with Gasteiger partial charge in [-0.05, 0) is 50.3 Å². The molecule has 1 aromatic carbocycles. The second kappa shape index (κ2) is 9.45. The molecule has 0 heterocycles. The summed E-state index contributed by atoms with van der Waals surface area (Å²) in [5, 5.41) is 3.11. The molecule has 0 radical (unpaired) electrons. The summed E-state index contributed by atoms with van der Waals surface area (Å²) in [5.74, 6) is 1.55. The highest BCUT2D eigenvalue weighted by Gasteiger charge is 2.23. The zero-order valence-electron chi connectivity index (χ0n) is 15.9. The fourth-order valence-electron chi connectivity index (χ4n) is 3.19. The predicted octanol–water partition coefficient (Wildman–Crippen LogP) is 5.00. The lowest BCUT2D eigenvalue weighted by Crippen LogP contribution is -2.31. The van der Waals surface area contributed by atoms with Gasteiger partial charge in [0.15, 0.2) is 0 Å². The van der Waals surface area contributed by atoms with E-state index in [1.165, 1.54) is 0 Å². The summed E-state index contributed by atoms with van der Waals surface area (Å²) in [7, 11) is 0. The van der Waals surface area contributed by atoms with Crippen molar-refractivity contribution >= 4 is 5.91 Å². The Labute approximate surface area is 152 Å². The molecule has 0 aliphatic heterocycles. The van der Waals surface area contributed by atoms with Crippen molar-refractivity contribution in [3.8, 4) is 5.75 Å². The SMILES string of the molecule is CCC[C@H](C)CNC(=O)C1=CC=CCC1c1ccc(OC(C)C)cc1. The van der Waals surface area contributed by atoms with E-state index in [-0.39, 0.29) is 17.9 Å². The third-order valence-electron chi connectivity index (χ3n) is 4.47. The van der Waals surface area contributed by atoms with E-state index >= 15 is 0 Å². The number of carbonyl (C=O) groups excluding carboxylic acids is 1. The molecule has 3 heteroatoms. The number of amides is 1. The summed E-state index contributed by atoms with van der Waals surface area (Å²) in [6, 6.07) is 8.13. The van der Waals surface area contributed by atoms with Crippen LogP contribution in [0, 0.1) is 5.92 Å². The van der Waals surface area contributed by atoms with Crippen LogP contribution in [0.25, 0.3) is 0 Å². The molecule has 1 unspecified atom stereocenters. The largest absolute Gasteiger partial charge is 0.491 e. The quantitative estimate of drug-likeness (QED) is 0.723. The molecular formula is C22H31NO2. The van der Waals surface area contributed by atoms with Crippen molar-refractivity contribution in [1.29, 1.82) is 0 Å². The summed E-state index contributed by atoms with van der Waals surface area (Å²) in [4.78, 5) is 12.7. The molecule has 1 amide bonds. The van der Waals surface area contributed by atoms with Crippen molar-refractivity contribution in [2.24, 2.45) is 5.92 Å². The maximum absolute atomic E-state index is 12.7. The Kier molecular flexibility index (Phi) is 7.30. The van der Waals surface area contributed by atoms with Gasteiger partial charge in [-0.3, -0.25) is 4.79 Å². The molecule has 136 valence electrons. The van der Waals surface area contributed by atoms with E-state index < -0.39 is 0 Å². The molecule has 0 bridgehead atoms. The molecule has 1 aromatic rings. The van der Waals surface area contributed by atoms with Crippen LogP contribution in [0.3, 0.4) is 0 Å². The van der Waals surface area contributed by atoms with E-state index in [4.69, 9.17) is 4.74 Å². The molecule has 1 aliphatic rings. The molecule has 1 N–H and O–H groups in total. The van der Waals surface area contributed by atoms with E-state index in [0.717, 1.165) is 42.7 Å². The second-order valence-corrected chi connectivity index (χ2v) is 7.18. The maximum Gasteiger partial charge on any atom is 0.247 e. The highest BCUT2D eigenvalue weighted by Crippen LogP contribution is 2.32. The molecule has 1 aliphatic carbocycles. The molecule has 0 saturated carbocycles. The molecular weight excluding hydrogens is 310 g/mol. The van der Waals surface area contributed by atoms with Crippen LogP contribution in [0.2, 0.25) is 0 Å². The Morgan fingerprint density at radius 2 is 1.96 bits per heavy atom. The Bertz CT molecular complexity index is 613. The Hall–Kier alpha value is -2.03. The number of ether oxygens (including phenoxy) is 1. The van der Waals surface area contributed by atoms with Gasteiger partial charge in [-0.1, -0.05) is 50.6 Å². The van der Waals surface area contributed by atoms with Gasteiger partial charge in [-0.2, -0.15) is 0 Å². The summed E-state index contributed by atoms with van der Waals surface area (Å²) >= 11 is 0. The normalized spacial score (nSPS) is 18.0. The Morgan fingerprint density at radius 1 is 1.24 bits per heavy atom. The summed E-state index contributed by atoms with van der Waals surface area (Å²) in [6.45, 7) is 9.13. The summed E-state index contributed by atoms with van der Waals surface area (Å²) in [5.41, 5.74) is 2.01. The van der Waals surface area contributed by atoms with Gasteiger partial charge < -0.3 is 10.1 Å². The van der Waals surface area contributed by atoms with Gasteiger partial charge in [0.25, 0.3) is 0 Å². The minimum Gasteiger partial charge on any atom is -0.491 e. The Morgan fingerprint density at radius 3 is 2.60 bits per heavy atom. The van der Waals surface area contributed by atoms with Crippen LogP contribution < -0.4 is 10.1 Å². The molecule has 0 spiro atoms. The third-order valence-corrected chi connectivity index (χ3v) is 4.47. The van der Waals surface area contributed by atoms with Crippen LogP contribution in [0.4, 0.5) is 0 Å². The van der Waals surface area contributed by atoms with Gasteiger partial charge in [0.1, 0.15) is 5.75 Å². The number of carbonyl (C=O) groups is 1. The first kappa shape index (κ1) is 19.3. The van der Waals surface area contributed by atoms with Crippen molar-refractivity contribution in [2.45, 2.75) is 59.0 Å². The lowest BCUT2D eigenvalue weighted by Gasteiger charge is -2.22. The topological polar surface area (TPSA) is 38.3 Å². The van der Waals surface area contributed by atoms with Gasteiger partial charge in [-0.25, -0.2) is 0 Å². The molecule has 0 aromatic heterocycles. The van der Waals surface area contributed by atoms with Gasteiger partial charge in [0, 0.05) is 18.0 Å². The minimum atomic E-state index is 0.0554. The first-order valence-corrected chi connectivity index (χ1v) is 9.42. The van der Waals surface area contributed by atoms with Crippen LogP contribution in [0.5, 0.6) is 5.75 Å². The number of hydrogen-bond donors (Lipinski definition) is 1. The monoisotopic (exact) mass is 341 g/mol. The van der Waals surface area contributed by atoms with Gasteiger partial charge in [-0.15, -0.1) is 0 Å². The maximum atomic E-state index is 12.7. The van der Waals surface area contributed by atoms with Crippen molar-refractivity contribution in [2.75, 3.05) is 6.54 Å². The lowest BCUT2D eigenvalue weighted by molar-refractivity contribution is -0.118. The van der Waals surface area contributed by atoms with Crippen molar-refractivity contribution in [3.05, 3.63) is 53.6 Å². The molecule has 3 nitrogen and oxygen atoms in total. The fourth-order valence-corrected chi connectivity index (χ4v) is 3.19. The average Bonchev–Trinajstić information content (AvgIpc) is 2.60. The van der Waals surface area contributed by atoms with E-state index in [1.807, 2.05) is 38.1 Å². The highest BCUT2D eigenvalue weighted by molar-refractivity contribution is 5.95. The van der Waals surface area contributed by atoms with Crippen LogP contribution in [0.1, 0.15) is 58.4 Å². The first-order valence-electron chi connectivity index (χ1n) is 9.42. The number of allylic oxidation sites excluding steroid dienone is 3. The fraction of sp³-hybridized carbons (Fsp3) is 0.500. The number of benzene rings is 1. The zero-order valence-corrected chi connectivity index (χ0v) is 15.9. The van der Waals surface area contributed by atoms with E-state index in [2.05, 4.69) is 37.4 Å². The minimum absolute atomic E-state index is 0.0554.